The summed E-state index contributed by atoms with van der Waals surface area (Å²) in [4.78, 5) is 0. The SMILES string of the molecule is O=S(=O)(O)C(F)(F)C(F)(F)C(F)(F)C(F)(F)C(F)(F)C(F)(F)C(F)(F)F.[NaH]. The van der Waals surface area contributed by atoms with Crippen molar-refractivity contribution in [1.29, 1.82) is 0 Å². The van der Waals surface area contributed by atoms with E-state index in [2.05, 4.69) is 0 Å². The van der Waals surface area contributed by atoms with Crippen molar-refractivity contribution < 1.29 is 78.8 Å². The van der Waals surface area contributed by atoms with Crippen LogP contribution in [0.4, 0.5) is 65.9 Å². The molecule has 0 bridgehead atoms. The summed E-state index contributed by atoms with van der Waals surface area (Å²) in [6, 6.07) is 0. The van der Waals surface area contributed by atoms with Gasteiger partial charge in [0.05, 0.1) is 0 Å². The molecule has 1 N–H and O–H groups in total. The second-order valence-corrected chi connectivity index (χ2v) is 5.82. The van der Waals surface area contributed by atoms with E-state index in [-0.39, 0.29) is 29.6 Å². The molecule has 3 nitrogen and oxygen atoms in total. The Hall–Kier alpha value is -0.140. The van der Waals surface area contributed by atoms with E-state index in [0.717, 1.165) is 0 Å². The molecule has 0 unspecified atom stereocenters. The first kappa shape index (κ1) is 29.1. The van der Waals surface area contributed by atoms with Crippen molar-refractivity contribution in [3.05, 3.63) is 0 Å². The van der Waals surface area contributed by atoms with Gasteiger partial charge in [0.15, 0.2) is 0 Å². The first-order valence-corrected chi connectivity index (χ1v) is 6.49. The summed E-state index contributed by atoms with van der Waals surface area (Å²) in [5.41, 5.74) is 0. The molecule has 0 spiro atoms. The molecule has 0 rings (SSSR count). The maximum atomic E-state index is 12.9. The van der Waals surface area contributed by atoms with Crippen LogP contribution in [-0.4, -0.2) is 83.6 Å². The molecule has 0 aromatic carbocycles. The zero-order valence-electron chi connectivity index (χ0n) is 10.8. The Morgan fingerprint density at radius 3 is 0.926 bits per heavy atom. The van der Waals surface area contributed by atoms with E-state index in [1.807, 2.05) is 0 Å². The molecule has 0 aliphatic rings. The van der Waals surface area contributed by atoms with E-state index < -0.39 is 51.2 Å². The van der Waals surface area contributed by atoms with E-state index >= 15 is 0 Å². The summed E-state index contributed by atoms with van der Waals surface area (Å²) in [6.07, 6.45) is -7.75. The third-order valence-corrected chi connectivity index (χ3v) is 3.53. The molecule has 0 fully saturated rings. The van der Waals surface area contributed by atoms with Crippen molar-refractivity contribution in [2.75, 3.05) is 0 Å². The van der Waals surface area contributed by atoms with Gasteiger partial charge >= 0.3 is 80.7 Å². The van der Waals surface area contributed by atoms with E-state index in [1.54, 1.807) is 0 Å². The standard InChI is InChI=1S/C7HF15O3S.Na.H/c8-1(9,2(10,11)4(14,15)6(18,19)20)3(12,13)5(16,17)7(21,22)26(23,24)25;;/h(H,23,24,25);;. The second-order valence-electron chi connectivity index (χ2n) is 4.36. The summed E-state index contributed by atoms with van der Waals surface area (Å²) < 4.78 is 215. The van der Waals surface area contributed by atoms with Gasteiger partial charge in [-0.3, -0.25) is 4.55 Å². The minimum atomic E-state index is -8.60. The molecular formula is C7H2F15NaO3S. The molecule has 0 aliphatic carbocycles. The molecule has 0 saturated carbocycles. The van der Waals surface area contributed by atoms with Gasteiger partial charge in [-0.2, -0.15) is 74.3 Å². The van der Waals surface area contributed by atoms with Crippen LogP contribution in [0.1, 0.15) is 0 Å². The molecule has 20 heteroatoms. The predicted octanol–water partition coefficient (Wildman–Crippen LogP) is 3.56. The number of rotatable bonds is 6. The molecule has 0 radical (unpaired) electrons. The summed E-state index contributed by atoms with van der Waals surface area (Å²) >= 11 is 0. The normalized spacial score (nSPS) is 16.1. The number of alkyl halides is 15. The molecule has 0 aromatic rings. The average Bonchev–Trinajstić information content (AvgIpc) is 2.34. The third-order valence-electron chi connectivity index (χ3n) is 2.62. The zero-order chi connectivity index (χ0) is 22.0. The Balaban J connectivity index is 0. The fraction of sp³-hybridized carbons (Fsp3) is 1.00. The quantitative estimate of drug-likeness (QED) is 0.364. The Labute approximate surface area is 159 Å². The number of hydrogen-bond acceptors (Lipinski definition) is 2. The zero-order valence-corrected chi connectivity index (χ0v) is 11.7. The second kappa shape index (κ2) is 6.98. The van der Waals surface area contributed by atoms with Crippen molar-refractivity contribution in [3.63, 3.8) is 0 Å². The van der Waals surface area contributed by atoms with Gasteiger partial charge in [0.2, 0.25) is 0 Å². The van der Waals surface area contributed by atoms with Gasteiger partial charge in [-0.05, 0) is 0 Å². The molecule has 0 saturated heterocycles. The van der Waals surface area contributed by atoms with E-state index in [4.69, 9.17) is 4.55 Å². The molecule has 160 valence electrons. The minimum absolute atomic E-state index is 0. The Morgan fingerprint density at radius 1 is 0.481 bits per heavy atom. The van der Waals surface area contributed by atoms with Crippen LogP contribution < -0.4 is 0 Å². The van der Waals surface area contributed by atoms with Crippen LogP contribution in [0.3, 0.4) is 0 Å². The molecule has 27 heavy (non-hydrogen) atoms. The van der Waals surface area contributed by atoms with Crippen molar-refractivity contribution in [1.82, 2.24) is 0 Å². The fourth-order valence-electron chi connectivity index (χ4n) is 1.11. The summed E-state index contributed by atoms with van der Waals surface area (Å²) in [7, 11) is -7.76. The van der Waals surface area contributed by atoms with Gasteiger partial charge in [-0.1, -0.05) is 0 Å². The van der Waals surface area contributed by atoms with Crippen LogP contribution >= 0.6 is 0 Å². The topological polar surface area (TPSA) is 54.4 Å². The Kier molecular flexibility index (Phi) is 7.51. The first-order chi connectivity index (χ1) is 10.8. The van der Waals surface area contributed by atoms with Gasteiger partial charge in [-0.25, -0.2) is 0 Å². The maximum absolute atomic E-state index is 12.9. The first-order valence-electron chi connectivity index (χ1n) is 5.05. The fourth-order valence-corrected chi connectivity index (χ4v) is 1.57. The number of halogens is 15. The van der Waals surface area contributed by atoms with Crippen LogP contribution in [0.25, 0.3) is 0 Å². The van der Waals surface area contributed by atoms with Crippen LogP contribution in [0, 0.1) is 0 Å². The molecule has 0 atom stereocenters. The van der Waals surface area contributed by atoms with Crippen LogP contribution in [0.15, 0.2) is 0 Å². The molecule has 0 heterocycles. The van der Waals surface area contributed by atoms with Gasteiger partial charge in [0.1, 0.15) is 0 Å². The van der Waals surface area contributed by atoms with Gasteiger partial charge in [-0.15, -0.1) is 0 Å². The van der Waals surface area contributed by atoms with Crippen molar-refractivity contribution in [3.8, 4) is 0 Å². The molecule has 0 aliphatic heterocycles. The molecule has 0 amide bonds. The van der Waals surface area contributed by atoms with Gasteiger partial charge < -0.3 is 0 Å². The van der Waals surface area contributed by atoms with Crippen molar-refractivity contribution in [2.45, 2.75) is 41.0 Å². The molecular weight excluding hydrogens is 472 g/mol. The van der Waals surface area contributed by atoms with Crippen LogP contribution in [-0.2, 0) is 10.1 Å². The third kappa shape index (κ3) is 3.73. The van der Waals surface area contributed by atoms with E-state index in [1.165, 1.54) is 0 Å². The van der Waals surface area contributed by atoms with E-state index in [9.17, 15) is 74.3 Å². The van der Waals surface area contributed by atoms with Gasteiger partial charge in [0, 0.05) is 0 Å². The van der Waals surface area contributed by atoms with Crippen molar-refractivity contribution in [2.24, 2.45) is 0 Å². The predicted molar refractivity (Wildman–Crippen MR) is 54.4 cm³/mol. The number of hydrogen-bond donors (Lipinski definition) is 1. The summed E-state index contributed by atoms with van der Waals surface area (Å²) in [5.74, 6) is -42.0. The monoisotopic (exact) mass is 474 g/mol. The van der Waals surface area contributed by atoms with Crippen molar-refractivity contribution >= 4 is 39.7 Å². The van der Waals surface area contributed by atoms with Gasteiger partial charge in [0.25, 0.3) is 0 Å². The van der Waals surface area contributed by atoms with Crippen LogP contribution in [0.2, 0.25) is 0 Å². The van der Waals surface area contributed by atoms with E-state index in [0.29, 0.717) is 0 Å². The summed E-state index contributed by atoms with van der Waals surface area (Å²) in [6.45, 7) is 0. The average molecular weight is 474 g/mol. The van der Waals surface area contributed by atoms with Crippen LogP contribution in [0.5, 0.6) is 0 Å². The Morgan fingerprint density at radius 2 is 0.704 bits per heavy atom. The summed E-state index contributed by atoms with van der Waals surface area (Å²) in [5, 5.41) is -7.70. The Bertz CT molecular complexity index is 651. The molecule has 0 aromatic heterocycles.